The number of benzene rings is 1. The summed E-state index contributed by atoms with van der Waals surface area (Å²) < 4.78 is 0. The highest BCUT2D eigenvalue weighted by atomic mass is 16.2. The van der Waals surface area contributed by atoms with Gasteiger partial charge in [0.25, 0.3) is 0 Å². The summed E-state index contributed by atoms with van der Waals surface area (Å²) in [5.41, 5.74) is 2.05. The molecule has 0 aliphatic heterocycles. The highest BCUT2D eigenvalue weighted by Crippen LogP contribution is 2.08. The summed E-state index contributed by atoms with van der Waals surface area (Å²) in [5, 5.41) is 5.99. The minimum Gasteiger partial charge on any atom is -0.325 e. The summed E-state index contributed by atoms with van der Waals surface area (Å²) in [6.45, 7) is 4.35. The van der Waals surface area contributed by atoms with Crippen molar-refractivity contribution in [2.45, 2.75) is 13.3 Å². The maximum atomic E-state index is 11.8. The molecule has 0 aliphatic carbocycles. The van der Waals surface area contributed by atoms with Crippen LogP contribution in [-0.4, -0.2) is 44.5 Å². The number of aryl methyl sites for hydroxylation is 1. The molecule has 1 rings (SSSR count). The fraction of sp³-hybridized carbons (Fsp3) is 0.500. The molecule has 100 valence electrons. The van der Waals surface area contributed by atoms with Crippen molar-refractivity contribution in [3.05, 3.63) is 29.8 Å². The smallest absolute Gasteiger partial charge is 0.238 e. The van der Waals surface area contributed by atoms with Gasteiger partial charge in [-0.25, -0.2) is 0 Å². The molecule has 0 heterocycles. The van der Waals surface area contributed by atoms with Crippen LogP contribution in [0.3, 0.4) is 0 Å². The van der Waals surface area contributed by atoms with Crippen LogP contribution >= 0.6 is 0 Å². The van der Waals surface area contributed by atoms with Crippen molar-refractivity contribution < 1.29 is 4.79 Å². The summed E-state index contributed by atoms with van der Waals surface area (Å²) in [7, 11) is 3.90. The van der Waals surface area contributed by atoms with E-state index in [0.29, 0.717) is 6.54 Å². The Balaban J connectivity index is 2.30. The maximum Gasteiger partial charge on any atom is 0.238 e. The highest BCUT2D eigenvalue weighted by molar-refractivity contribution is 5.92. The Morgan fingerprint density at radius 3 is 2.56 bits per heavy atom. The number of amides is 1. The highest BCUT2D eigenvalue weighted by Gasteiger charge is 2.06. The summed E-state index contributed by atoms with van der Waals surface area (Å²) in [5.74, 6) is 0.0332. The van der Waals surface area contributed by atoms with Crippen LogP contribution in [0.2, 0.25) is 0 Å². The van der Waals surface area contributed by atoms with Crippen molar-refractivity contribution in [1.29, 1.82) is 0 Å². The van der Waals surface area contributed by atoms with Crippen LogP contribution in [0, 0.1) is 6.92 Å². The Bertz CT molecular complexity index is 362. The lowest BCUT2D eigenvalue weighted by Crippen LogP contribution is -2.31. The van der Waals surface area contributed by atoms with E-state index in [1.807, 2.05) is 50.2 Å². The van der Waals surface area contributed by atoms with E-state index in [1.54, 1.807) is 0 Å². The Kier molecular flexibility index (Phi) is 6.39. The van der Waals surface area contributed by atoms with E-state index < -0.39 is 0 Å². The van der Waals surface area contributed by atoms with Crippen molar-refractivity contribution in [2.24, 2.45) is 0 Å². The van der Waals surface area contributed by atoms with Crippen LogP contribution in [0.25, 0.3) is 0 Å². The molecule has 0 bridgehead atoms. The molecule has 1 aromatic carbocycles. The van der Waals surface area contributed by atoms with Crippen molar-refractivity contribution in [3.8, 4) is 0 Å². The SMILES string of the molecule is CNCCCN(C)CC(=O)Nc1ccc(C)cc1. The van der Waals surface area contributed by atoms with Gasteiger partial charge >= 0.3 is 0 Å². The van der Waals surface area contributed by atoms with E-state index in [2.05, 4.69) is 10.6 Å². The number of rotatable bonds is 7. The molecule has 18 heavy (non-hydrogen) atoms. The van der Waals surface area contributed by atoms with Gasteiger partial charge < -0.3 is 10.6 Å². The van der Waals surface area contributed by atoms with Gasteiger partial charge in [-0.1, -0.05) is 17.7 Å². The summed E-state index contributed by atoms with van der Waals surface area (Å²) in [6, 6.07) is 7.83. The molecule has 0 aliphatic rings. The van der Waals surface area contributed by atoms with Gasteiger partial charge in [-0.05, 0) is 52.7 Å². The molecular formula is C14H23N3O. The molecule has 0 saturated carbocycles. The largest absolute Gasteiger partial charge is 0.325 e. The van der Waals surface area contributed by atoms with Crippen LogP contribution in [0.1, 0.15) is 12.0 Å². The molecule has 4 nitrogen and oxygen atoms in total. The normalized spacial score (nSPS) is 10.7. The van der Waals surface area contributed by atoms with E-state index in [9.17, 15) is 4.79 Å². The van der Waals surface area contributed by atoms with Gasteiger partial charge in [0.1, 0.15) is 0 Å². The average Bonchev–Trinajstić information content (AvgIpc) is 2.32. The molecule has 0 spiro atoms. The van der Waals surface area contributed by atoms with Gasteiger partial charge in [-0.3, -0.25) is 9.69 Å². The van der Waals surface area contributed by atoms with Crippen LogP contribution in [0.5, 0.6) is 0 Å². The molecule has 4 heteroatoms. The Morgan fingerprint density at radius 2 is 1.94 bits per heavy atom. The number of nitrogens with one attached hydrogen (secondary N) is 2. The minimum atomic E-state index is 0.0332. The van der Waals surface area contributed by atoms with Gasteiger partial charge in [0.05, 0.1) is 6.54 Å². The lowest BCUT2D eigenvalue weighted by Gasteiger charge is -2.16. The van der Waals surface area contributed by atoms with Gasteiger partial charge in [-0.15, -0.1) is 0 Å². The first-order chi connectivity index (χ1) is 8.61. The fourth-order valence-corrected chi connectivity index (χ4v) is 1.69. The lowest BCUT2D eigenvalue weighted by atomic mass is 10.2. The number of likely N-dealkylation sites (N-methyl/N-ethyl adjacent to an activating group) is 1. The zero-order valence-corrected chi connectivity index (χ0v) is 11.5. The van der Waals surface area contributed by atoms with Crippen molar-refractivity contribution >= 4 is 11.6 Å². The van der Waals surface area contributed by atoms with Crippen LogP contribution < -0.4 is 10.6 Å². The van der Waals surface area contributed by atoms with Gasteiger partial charge in [0.15, 0.2) is 0 Å². The summed E-state index contributed by atoms with van der Waals surface area (Å²) in [4.78, 5) is 13.8. The van der Waals surface area contributed by atoms with Crippen LogP contribution in [0.4, 0.5) is 5.69 Å². The molecule has 0 fully saturated rings. The number of carbonyl (C=O) groups is 1. The average molecular weight is 249 g/mol. The first kappa shape index (κ1) is 14.7. The van der Waals surface area contributed by atoms with E-state index in [0.717, 1.165) is 25.2 Å². The quantitative estimate of drug-likeness (QED) is 0.719. The second kappa shape index (κ2) is 7.84. The third-order valence-corrected chi connectivity index (χ3v) is 2.72. The predicted molar refractivity (Wildman–Crippen MR) is 75.8 cm³/mol. The van der Waals surface area contributed by atoms with E-state index in [1.165, 1.54) is 5.56 Å². The molecule has 1 amide bonds. The summed E-state index contributed by atoms with van der Waals surface area (Å²) in [6.07, 6.45) is 1.05. The van der Waals surface area contributed by atoms with E-state index >= 15 is 0 Å². The monoisotopic (exact) mass is 249 g/mol. The standard InChI is InChI=1S/C14H23N3O/c1-12-5-7-13(8-6-12)16-14(18)11-17(3)10-4-9-15-2/h5-8,15H,4,9-11H2,1-3H3,(H,16,18). The number of hydrogen-bond acceptors (Lipinski definition) is 3. The molecule has 0 saturated heterocycles. The van der Waals surface area contributed by atoms with Crippen molar-refractivity contribution in [2.75, 3.05) is 39.0 Å². The minimum absolute atomic E-state index is 0.0332. The molecule has 0 unspecified atom stereocenters. The zero-order valence-electron chi connectivity index (χ0n) is 11.5. The molecule has 0 atom stereocenters. The molecule has 2 N–H and O–H groups in total. The molecular weight excluding hydrogens is 226 g/mol. The summed E-state index contributed by atoms with van der Waals surface area (Å²) >= 11 is 0. The maximum absolute atomic E-state index is 11.8. The van der Waals surface area contributed by atoms with Crippen LogP contribution in [-0.2, 0) is 4.79 Å². The number of hydrogen-bond donors (Lipinski definition) is 2. The first-order valence-electron chi connectivity index (χ1n) is 6.31. The second-order valence-corrected chi connectivity index (χ2v) is 4.61. The van der Waals surface area contributed by atoms with Gasteiger partial charge in [0, 0.05) is 5.69 Å². The number of carbonyl (C=O) groups excluding carboxylic acids is 1. The number of nitrogens with zero attached hydrogens (tertiary/aromatic N) is 1. The van der Waals surface area contributed by atoms with Gasteiger partial charge in [0.2, 0.25) is 5.91 Å². The Labute approximate surface area is 109 Å². The second-order valence-electron chi connectivity index (χ2n) is 4.61. The third-order valence-electron chi connectivity index (χ3n) is 2.72. The van der Waals surface area contributed by atoms with E-state index in [4.69, 9.17) is 0 Å². The molecule has 0 aromatic heterocycles. The number of anilines is 1. The van der Waals surface area contributed by atoms with Crippen molar-refractivity contribution in [3.63, 3.8) is 0 Å². The fourth-order valence-electron chi connectivity index (χ4n) is 1.69. The predicted octanol–water partition coefficient (Wildman–Crippen LogP) is 1.47. The first-order valence-corrected chi connectivity index (χ1v) is 6.31. The van der Waals surface area contributed by atoms with E-state index in [-0.39, 0.29) is 5.91 Å². The topological polar surface area (TPSA) is 44.4 Å². The van der Waals surface area contributed by atoms with Crippen LogP contribution in [0.15, 0.2) is 24.3 Å². The lowest BCUT2D eigenvalue weighted by molar-refractivity contribution is -0.117. The molecule has 0 radical (unpaired) electrons. The van der Waals surface area contributed by atoms with Crippen molar-refractivity contribution in [1.82, 2.24) is 10.2 Å². The van der Waals surface area contributed by atoms with Gasteiger partial charge in [-0.2, -0.15) is 0 Å². The third kappa shape index (κ3) is 5.80. The zero-order chi connectivity index (χ0) is 13.4. The molecule has 1 aromatic rings. The Hall–Kier alpha value is -1.39. The Morgan fingerprint density at radius 1 is 1.28 bits per heavy atom.